The largest absolute Gasteiger partial charge is 0.296 e. The number of rotatable bonds is 0. The molecule has 1 nitrogen and oxygen atoms in total. The maximum Gasteiger partial charge on any atom is 0.179 e. The Kier molecular flexibility index (Phi) is 2.73. The fourth-order valence-electron chi connectivity index (χ4n) is 1.17. The predicted molar refractivity (Wildman–Crippen MR) is 47.5 cm³/mol. The zero-order chi connectivity index (χ0) is 8.65. The van der Waals surface area contributed by atoms with Crippen LogP contribution in [0.15, 0.2) is 0 Å². The second-order valence-electron chi connectivity index (χ2n) is 2.89. The SMILES string of the molecule is C[C@@H]1[C@H](Cl)CCC(=O)C1(Cl)Cl. The Hall–Kier alpha value is 0.540. The van der Waals surface area contributed by atoms with E-state index in [1.165, 1.54) is 0 Å². The maximum absolute atomic E-state index is 11.1. The van der Waals surface area contributed by atoms with Gasteiger partial charge < -0.3 is 0 Å². The van der Waals surface area contributed by atoms with Gasteiger partial charge in [0.1, 0.15) is 0 Å². The molecular weight excluding hydrogens is 206 g/mol. The number of carbonyl (C=O) groups excluding carboxylic acids is 1. The van der Waals surface area contributed by atoms with E-state index < -0.39 is 4.33 Å². The minimum absolute atomic E-state index is 0.0808. The van der Waals surface area contributed by atoms with Gasteiger partial charge in [-0.15, -0.1) is 11.6 Å². The molecule has 1 saturated carbocycles. The summed E-state index contributed by atoms with van der Waals surface area (Å²) in [5.74, 6) is -0.265. The summed E-state index contributed by atoms with van der Waals surface area (Å²) in [4.78, 5) is 11.1. The summed E-state index contributed by atoms with van der Waals surface area (Å²) in [7, 11) is 0. The lowest BCUT2D eigenvalue weighted by Gasteiger charge is -2.33. The van der Waals surface area contributed by atoms with Crippen molar-refractivity contribution < 1.29 is 4.79 Å². The zero-order valence-electron chi connectivity index (χ0n) is 6.11. The second kappa shape index (κ2) is 3.12. The molecule has 0 aromatic carbocycles. The van der Waals surface area contributed by atoms with Crippen LogP contribution in [0.1, 0.15) is 19.8 Å². The molecule has 64 valence electrons. The van der Waals surface area contributed by atoms with Crippen LogP contribution in [-0.2, 0) is 4.79 Å². The standard InChI is InChI=1S/C7H9Cl3O/c1-4-5(8)2-3-6(11)7(4,9)10/h4-5H,2-3H2,1H3/t4-,5-/m1/s1. The zero-order valence-corrected chi connectivity index (χ0v) is 8.38. The van der Waals surface area contributed by atoms with Crippen molar-refractivity contribution in [1.29, 1.82) is 0 Å². The number of Topliss-reactive ketones (excluding diaryl/α,β-unsaturated/α-hetero) is 1. The van der Waals surface area contributed by atoms with E-state index in [0.29, 0.717) is 12.8 Å². The fraction of sp³-hybridized carbons (Fsp3) is 0.857. The van der Waals surface area contributed by atoms with Crippen LogP contribution in [0.2, 0.25) is 0 Å². The number of ketones is 1. The molecule has 0 heterocycles. The number of hydrogen-bond acceptors (Lipinski definition) is 1. The van der Waals surface area contributed by atoms with Crippen LogP contribution in [-0.4, -0.2) is 15.5 Å². The number of hydrogen-bond donors (Lipinski definition) is 0. The Morgan fingerprint density at radius 2 is 2.09 bits per heavy atom. The molecule has 4 heteroatoms. The van der Waals surface area contributed by atoms with E-state index in [9.17, 15) is 4.79 Å². The number of carbonyl (C=O) groups is 1. The van der Waals surface area contributed by atoms with Gasteiger partial charge in [0, 0.05) is 17.7 Å². The van der Waals surface area contributed by atoms with E-state index in [1.807, 2.05) is 0 Å². The molecule has 0 aromatic rings. The fourth-order valence-corrected chi connectivity index (χ4v) is 2.09. The Morgan fingerprint density at radius 3 is 2.55 bits per heavy atom. The number of halogens is 3. The molecule has 2 atom stereocenters. The first-order chi connectivity index (χ1) is 4.96. The van der Waals surface area contributed by atoms with Crippen LogP contribution in [0, 0.1) is 5.92 Å². The lowest BCUT2D eigenvalue weighted by Crippen LogP contribution is -2.42. The van der Waals surface area contributed by atoms with Crippen LogP contribution >= 0.6 is 34.8 Å². The van der Waals surface area contributed by atoms with Crippen LogP contribution in [0.25, 0.3) is 0 Å². The highest BCUT2D eigenvalue weighted by Gasteiger charge is 2.45. The smallest absolute Gasteiger partial charge is 0.179 e. The minimum atomic E-state index is -1.26. The minimum Gasteiger partial charge on any atom is -0.296 e. The first kappa shape index (κ1) is 9.63. The summed E-state index contributed by atoms with van der Waals surface area (Å²) >= 11 is 17.5. The van der Waals surface area contributed by atoms with Gasteiger partial charge in [0.15, 0.2) is 10.1 Å². The molecule has 11 heavy (non-hydrogen) atoms. The van der Waals surface area contributed by atoms with Gasteiger partial charge in [-0.1, -0.05) is 30.1 Å². The molecule has 0 bridgehead atoms. The Balaban J connectivity index is 2.80. The van der Waals surface area contributed by atoms with Crippen molar-refractivity contribution in [2.75, 3.05) is 0 Å². The quantitative estimate of drug-likeness (QED) is 0.568. The van der Waals surface area contributed by atoms with Gasteiger partial charge in [-0.2, -0.15) is 0 Å². The van der Waals surface area contributed by atoms with Crippen molar-refractivity contribution in [3.05, 3.63) is 0 Å². The lowest BCUT2D eigenvalue weighted by atomic mass is 9.88. The molecule has 0 N–H and O–H groups in total. The molecule has 1 aliphatic rings. The van der Waals surface area contributed by atoms with Crippen molar-refractivity contribution in [2.45, 2.75) is 29.5 Å². The summed E-state index contributed by atoms with van der Waals surface area (Å²) in [5.41, 5.74) is 0. The molecule has 1 aliphatic carbocycles. The maximum atomic E-state index is 11.1. The Morgan fingerprint density at radius 1 is 1.55 bits per heavy atom. The van der Waals surface area contributed by atoms with Gasteiger partial charge >= 0.3 is 0 Å². The van der Waals surface area contributed by atoms with Crippen LogP contribution in [0.4, 0.5) is 0 Å². The monoisotopic (exact) mass is 214 g/mol. The molecule has 0 unspecified atom stereocenters. The Bertz CT molecular complexity index is 179. The van der Waals surface area contributed by atoms with Gasteiger partial charge in [-0.05, 0) is 6.42 Å². The summed E-state index contributed by atoms with van der Waals surface area (Å²) in [6.07, 6.45) is 1.08. The molecule has 0 amide bonds. The van der Waals surface area contributed by atoms with E-state index in [0.717, 1.165) is 0 Å². The summed E-state index contributed by atoms with van der Waals surface area (Å²) in [5, 5.41) is -0.0808. The van der Waals surface area contributed by atoms with Crippen molar-refractivity contribution in [2.24, 2.45) is 5.92 Å². The number of alkyl halides is 3. The highest BCUT2D eigenvalue weighted by atomic mass is 35.5. The van der Waals surface area contributed by atoms with Crippen LogP contribution in [0.3, 0.4) is 0 Å². The first-order valence-corrected chi connectivity index (χ1v) is 4.70. The normalized spacial score (nSPS) is 37.3. The van der Waals surface area contributed by atoms with Gasteiger partial charge in [0.2, 0.25) is 0 Å². The molecular formula is C7H9Cl3O. The third kappa shape index (κ3) is 1.66. The summed E-state index contributed by atoms with van der Waals surface area (Å²) in [6, 6.07) is 0. The van der Waals surface area contributed by atoms with Crippen LogP contribution < -0.4 is 0 Å². The van der Waals surface area contributed by atoms with Crippen LogP contribution in [0.5, 0.6) is 0 Å². The average molecular weight is 216 g/mol. The van der Waals surface area contributed by atoms with Crippen molar-refractivity contribution >= 4 is 40.6 Å². The molecule has 0 saturated heterocycles. The van der Waals surface area contributed by atoms with Gasteiger partial charge in [0.25, 0.3) is 0 Å². The van der Waals surface area contributed by atoms with E-state index in [4.69, 9.17) is 34.8 Å². The lowest BCUT2D eigenvalue weighted by molar-refractivity contribution is -0.122. The molecule has 0 spiro atoms. The van der Waals surface area contributed by atoms with E-state index in [-0.39, 0.29) is 17.1 Å². The summed E-state index contributed by atoms with van der Waals surface area (Å²) < 4.78 is -1.26. The van der Waals surface area contributed by atoms with E-state index >= 15 is 0 Å². The average Bonchev–Trinajstić information content (AvgIpc) is 1.95. The van der Waals surface area contributed by atoms with Gasteiger partial charge in [-0.3, -0.25) is 4.79 Å². The van der Waals surface area contributed by atoms with Crippen molar-refractivity contribution in [3.63, 3.8) is 0 Å². The van der Waals surface area contributed by atoms with Crippen molar-refractivity contribution in [3.8, 4) is 0 Å². The first-order valence-electron chi connectivity index (χ1n) is 3.51. The molecule has 0 radical (unpaired) electrons. The third-order valence-electron chi connectivity index (χ3n) is 2.13. The molecule has 1 rings (SSSR count). The second-order valence-corrected chi connectivity index (χ2v) is 4.84. The highest BCUT2D eigenvalue weighted by molar-refractivity contribution is 6.59. The summed E-state index contributed by atoms with van der Waals surface area (Å²) in [6.45, 7) is 1.80. The molecule has 1 fully saturated rings. The predicted octanol–water partition coefficient (Wildman–Crippen LogP) is 2.77. The van der Waals surface area contributed by atoms with Gasteiger partial charge in [-0.25, -0.2) is 0 Å². The Labute approximate surface area is 81.0 Å². The van der Waals surface area contributed by atoms with Crippen molar-refractivity contribution in [1.82, 2.24) is 0 Å². The third-order valence-corrected chi connectivity index (χ3v) is 3.84. The molecule has 0 aromatic heterocycles. The highest BCUT2D eigenvalue weighted by Crippen LogP contribution is 2.41. The van der Waals surface area contributed by atoms with E-state index in [1.54, 1.807) is 6.92 Å². The topological polar surface area (TPSA) is 17.1 Å². The van der Waals surface area contributed by atoms with E-state index in [2.05, 4.69) is 0 Å². The molecule has 0 aliphatic heterocycles. The van der Waals surface area contributed by atoms with Gasteiger partial charge in [0.05, 0.1) is 0 Å².